The molecule has 0 saturated carbocycles. The third kappa shape index (κ3) is 3.93. The van der Waals surface area contributed by atoms with Crippen LogP contribution in [-0.2, 0) is 11.0 Å². The molecule has 0 spiro atoms. The zero-order valence-electron chi connectivity index (χ0n) is 9.38. The van der Waals surface area contributed by atoms with Gasteiger partial charge >= 0.3 is 6.18 Å². The highest BCUT2D eigenvalue weighted by Gasteiger charge is 2.30. The van der Waals surface area contributed by atoms with Crippen molar-refractivity contribution in [3.63, 3.8) is 0 Å². The minimum atomic E-state index is -4.41. The van der Waals surface area contributed by atoms with Gasteiger partial charge in [-0.2, -0.15) is 13.2 Å². The Morgan fingerprint density at radius 1 is 1.47 bits per heavy atom. The lowest BCUT2D eigenvalue weighted by Gasteiger charge is -2.12. The number of rotatable bonds is 3. The molecular formula is C10H12F3N3O. The number of aromatic nitrogens is 1. The van der Waals surface area contributed by atoms with Gasteiger partial charge in [0.2, 0.25) is 5.91 Å². The number of pyridine rings is 1. The number of nitrogens with zero attached hydrogens (tertiary/aromatic N) is 2. The summed E-state index contributed by atoms with van der Waals surface area (Å²) in [6.45, 7) is -0.0959. The summed E-state index contributed by atoms with van der Waals surface area (Å²) in [5.41, 5.74) is -0.799. The maximum atomic E-state index is 12.4. The molecule has 1 heterocycles. The highest BCUT2D eigenvalue weighted by molar-refractivity contribution is 5.80. The largest absolute Gasteiger partial charge is 0.416 e. The molecule has 0 aromatic carbocycles. The Kier molecular flexibility index (Phi) is 3.93. The van der Waals surface area contributed by atoms with Crippen LogP contribution >= 0.6 is 0 Å². The average molecular weight is 247 g/mol. The first-order valence-electron chi connectivity index (χ1n) is 4.78. The zero-order valence-corrected chi connectivity index (χ0v) is 9.38. The predicted octanol–water partition coefficient (Wildman–Crippen LogP) is 1.60. The van der Waals surface area contributed by atoms with Gasteiger partial charge in [-0.1, -0.05) is 0 Å². The van der Waals surface area contributed by atoms with Crippen LogP contribution in [0.5, 0.6) is 0 Å². The summed E-state index contributed by atoms with van der Waals surface area (Å²) < 4.78 is 37.1. The molecule has 0 aliphatic heterocycles. The molecule has 0 unspecified atom stereocenters. The lowest BCUT2D eigenvalue weighted by atomic mass is 10.2. The van der Waals surface area contributed by atoms with Gasteiger partial charge in [0.15, 0.2) is 0 Å². The molecule has 1 aromatic rings. The number of carbonyl (C=O) groups is 1. The lowest BCUT2D eigenvalue weighted by molar-refractivity contribution is -0.137. The second kappa shape index (κ2) is 5.03. The van der Waals surface area contributed by atoms with E-state index in [1.165, 1.54) is 4.90 Å². The Morgan fingerprint density at radius 2 is 2.12 bits per heavy atom. The maximum Gasteiger partial charge on any atom is 0.416 e. The van der Waals surface area contributed by atoms with Crippen LogP contribution < -0.4 is 5.32 Å². The molecule has 1 rings (SSSR count). The summed E-state index contributed by atoms with van der Waals surface area (Å²) >= 11 is 0. The van der Waals surface area contributed by atoms with Crippen LogP contribution in [-0.4, -0.2) is 36.4 Å². The van der Waals surface area contributed by atoms with Crippen molar-refractivity contribution in [2.24, 2.45) is 0 Å². The van der Waals surface area contributed by atoms with Crippen molar-refractivity contribution in [3.05, 3.63) is 23.9 Å². The Balaban J connectivity index is 2.70. The number of anilines is 1. The molecule has 0 radical (unpaired) electrons. The summed E-state index contributed by atoms with van der Waals surface area (Å²) in [6, 6.07) is 1.74. The van der Waals surface area contributed by atoms with Gasteiger partial charge in [-0.15, -0.1) is 0 Å². The molecule has 94 valence electrons. The molecule has 1 aromatic heterocycles. The molecule has 0 aliphatic carbocycles. The van der Waals surface area contributed by atoms with Crippen LogP contribution in [0.2, 0.25) is 0 Å². The third-order valence-electron chi connectivity index (χ3n) is 2.01. The fourth-order valence-corrected chi connectivity index (χ4v) is 1.03. The Bertz CT molecular complexity index is 404. The predicted molar refractivity (Wildman–Crippen MR) is 56.4 cm³/mol. The van der Waals surface area contributed by atoms with Crippen molar-refractivity contribution in [1.82, 2.24) is 9.88 Å². The lowest BCUT2D eigenvalue weighted by Crippen LogP contribution is -2.28. The molecule has 4 nitrogen and oxygen atoms in total. The third-order valence-corrected chi connectivity index (χ3v) is 2.01. The van der Waals surface area contributed by atoms with E-state index in [0.717, 1.165) is 18.3 Å². The van der Waals surface area contributed by atoms with Crippen molar-refractivity contribution in [3.8, 4) is 0 Å². The standard InChI is InChI=1S/C10H12F3N3O/c1-16(2)9(17)6-15-8-5-7(3-4-14-8)10(11,12)13/h3-5H,6H2,1-2H3,(H,14,15). The van der Waals surface area contributed by atoms with E-state index in [9.17, 15) is 18.0 Å². The molecule has 0 fully saturated rings. The number of alkyl halides is 3. The molecule has 0 bridgehead atoms. The molecular weight excluding hydrogens is 235 g/mol. The molecule has 0 saturated heterocycles. The van der Waals surface area contributed by atoms with Gasteiger partial charge < -0.3 is 10.2 Å². The van der Waals surface area contributed by atoms with E-state index in [2.05, 4.69) is 10.3 Å². The van der Waals surface area contributed by atoms with E-state index in [4.69, 9.17) is 0 Å². The molecule has 1 N–H and O–H groups in total. The van der Waals surface area contributed by atoms with Gasteiger partial charge in [0.1, 0.15) is 5.82 Å². The van der Waals surface area contributed by atoms with E-state index in [1.807, 2.05) is 0 Å². The quantitative estimate of drug-likeness (QED) is 0.882. The van der Waals surface area contributed by atoms with E-state index < -0.39 is 11.7 Å². The first-order valence-corrected chi connectivity index (χ1v) is 4.78. The SMILES string of the molecule is CN(C)C(=O)CNc1cc(C(F)(F)F)ccn1. The number of likely N-dealkylation sites (N-methyl/N-ethyl adjacent to an activating group) is 1. The number of carbonyl (C=O) groups excluding carboxylic acids is 1. The molecule has 0 atom stereocenters. The van der Waals surface area contributed by atoms with Crippen LogP contribution in [0.3, 0.4) is 0 Å². The summed E-state index contributed by atoms with van der Waals surface area (Å²) in [4.78, 5) is 16.2. The number of hydrogen-bond donors (Lipinski definition) is 1. The van der Waals surface area contributed by atoms with E-state index >= 15 is 0 Å². The van der Waals surface area contributed by atoms with Gasteiger partial charge in [0.25, 0.3) is 0 Å². The van der Waals surface area contributed by atoms with Crippen LogP contribution in [0.4, 0.5) is 19.0 Å². The van der Waals surface area contributed by atoms with Crippen molar-refractivity contribution in [2.75, 3.05) is 26.0 Å². The second-order valence-electron chi connectivity index (χ2n) is 3.57. The van der Waals surface area contributed by atoms with Crippen LogP contribution in [0.15, 0.2) is 18.3 Å². The summed E-state index contributed by atoms with van der Waals surface area (Å²) in [5, 5.41) is 2.54. The fraction of sp³-hybridized carbons (Fsp3) is 0.400. The maximum absolute atomic E-state index is 12.4. The van der Waals surface area contributed by atoms with Crippen LogP contribution in [0, 0.1) is 0 Å². The van der Waals surface area contributed by atoms with E-state index in [0.29, 0.717) is 0 Å². The monoisotopic (exact) mass is 247 g/mol. The highest BCUT2D eigenvalue weighted by Crippen LogP contribution is 2.29. The normalized spacial score (nSPS) is 11.1. The van der Waals surface area contributed by atoms with Gasteiger partial charge in [0, 0.05) is 20.3 Å². The minimum Gasteiger partial charge on any atom is -0.361 e. The van der Waals surface area contributed by atoms with Crippen molar-refractivity contribution >= 4 is 11.7 Å². The average Bonchev–Trinajstić information content (AvgIpc) is 2.25. The Morgan fingerprint density at radius 3 is 2.65 bits per heavy atom. The zero-order chi connectivity index (χ0) is 13.1. The van der Waals surface area contributed by atoms with Gasteiger partial charge in [-0.3, -0.25) is 4.79 Å². The molecule has 17 heavy (non-hydrogen) atoms. The van der Waals surface area contributed by atoms with Crippen molar-refractivity contribution in [1.29, 1.82) is 0 Å². The number of halogens is 3. The Hall–Kier alpha value is -1.79. The minimum absolute atomic E-state index is 0.0232. The van der Waals surface area contributed by atoms with Crippen molar-refractivity contribution < 1.29 is 18.0 Å². The van der Waals surface area contributed by atoms with Crippen LogP contribution in [0.1, 0.15) is 5.56 Å². The van der Waals surface area contributed by atoms with Gasteiger partial charge in [0.05, 0.1) is 12.1 Å². The smallest absolute Gasteiger partial charge is 0.361 e. The van der Waals surface area contributed by atoms with Crippen molar-refractivity contribution in [2.45, 2.75) is 6.18 Å². The second-order valence-corrected chi connectivity index (χ2v) is 3.57. The van der Waals surface area contributed by atoms with Gasteiger partial charge in [-0.25, -0.2) is 4.98 Å². The van der Waals surface area contributed by atoms with Gasteiger partial charge in [-0.05, 0) is 12.1 Å². The van der Waals surface area contributed by atoms with E-state index in [1.54, 1.807) is 14.1 Å². The topological polar surface area (TPSA) is 45.2 Å². The van der Waals surface area contributed by atoms with Crippen LogP contribution in [0.25, 0.3) is 0 Å². The summed E-state index contributed by atoms with van der Waals surface area (Å²) in [6.07, 6.45) is -3.36. The summed E-state index contributed by atoms with van der Waals surface area (Å²) in [5.74, 6) is -0.223. The molecule has 1 amide bonds. The molecule has 0 aliphatic rings. The first-order chi connectivity index (χ1) is 7.80. The first kappa shape index (κ1) is 13.3. The number of hydrogen-bond acceptors (Lipinski definition) is 3. The van der Waals surface area contributed by atoms with E-state index in [-0.39, 0.29) is 18.3 Å². The number of amides is 1. The fourth-order valence-electron chi connectivity index (χ4n) is 1.03. The molecule has 7 heteroatoms. The summed E-state index contributed by atoms with van der Waals surface area (Å²) in [7, 11) is 3.12. The highest BCUT2D eigenvalue weighted by atomic mass is 19.4. The number of nitrogens with one attached hydrogen (secondary N) is 1. The Labute approximate surface area is 96.4 Å².